The van der Waals surface area contributed by atoms with Crippen molar-refractivity contribution in [2.75, 3.05) is 17.1 Å². The second-order valence-corrected chi connectivity index (χ2v) is 8.44. The van der Waals surface area contributed by atoms with Crippen LogP contribution in [-0.2, 0) is 10.0 Å². The summed E-state index contributed by atoms with van der Waals surface area (Å²) in [6.07, 6.45) is 0. The minimum atomic E-state index is -4.02. The van der Waals surface area contributed by atoms with E-state index in [1.807, 2.05) is 0 Å². The highest BCUT2D eigenvalue weighted by Crippen LogP contribution is 2.26. The first-order valence-electron chi connectivity index (χ1n) is 8.32. The van der Waals surface area contributed by atoms with Crippen LogP contribution in [0, 0.1) is 0 Å². The summed E-state index contributed by atoms with van der Waals surface area (Å²) in [5.74, 6) is 0.0900. The highest BCUT2D eigenvalue weighted by molar-refractivity contribution is 7.92. The Morgan fingerprint density at radius 1 is 0.931 bits per heavy atom. The van der Waals surface area contributed by atoms with Gasteiger partial charge in [-0.3, -0.25) is 9.52 Å². The van der Waals surface area contributed by atoms with Gasteiger partial charge in [0.1, 0.15) is 10.6 Å². The van der Waals surface area contributed by atoms with E-state index in [4.69, 9.17) is 27.9 Å². The molecule has 0 heterocycles. The van der Waals surface area contributed by atoms with Crippen LogP contribution in [0.15, 0.2) is 71.6 Å². The van der Waals surface area contributed by atoms with Crippen molar-refractivity contribution in [2.45, 2.75) is 4.90 Å². The molecule has 150 valence electrons. The maximum Gasteiger partial charge on any atom is 0.263 e. The summed E-state index contributed by atoms with van der Waals surface area (Å²) in [6, 6.07) is 17.0. The number of carbonyl (C=O) groups is 1. The standard InChI is InChI=1S/C20H16Cl2N2O4S/c1-28-17-4-2-3-16(12-17)23-20(25)13-5-10-18(22)19(11-13)29(26,27)24-15-8-6-14(21)7-9-15/h2-12,24H,1H3,(H,23,25). The Kier molecular flexibility index (Phi) is 6.32. The summed E-state index contributed by atoms with van der Waals surface area (Å²) in [5.41, 5.74) is 0.957. The van der Waals surface area contributed by atoms with Crippen molar-refractivity contribution in [1.82, 2.24) is 0 Å². The van der Waals surface area contributed by atoms with Crippen molar-refractivity contribution in [1.29, 1.82) is 0 Å². The third-order valence-electron chi connectivity index (χ3n) is 3.91. The van der Waals surface area contributed by atoms with E-state index in [9.17, 15) is 13.2 Å². The van der Waals surface area contributed by atoms with Gasteiger partial charge < -0.3 is 10.1 Å². The summed E-state index contributed by atoms with van der Waals surface area (Å²) in [7, 11) is -2.50. The summed E-state index contributed by atoms with van der Waals surface area (Å²) >= 11 is 11.9. The van der Waals surface area contributed by atoms with Gasteiger partial charge in [-0.2, -0.15) is 0 Å². The van der Waals surface area contributed by atoms with Gasteiger partial charge in [0.25, 0.3) is 15.9 Å². The van der Waals surface area contributed by atoms with Crippen molar-refractivity contribution in [3.63, 3.8) is 0 Å². The molecule has 0 unspecified atom stereocenters. The van der Waals surface area contributed by atoms with Crippen LogP contribution in [0.2, 0.25) is 10.0 Å². The molecule has 0 saturated carbocycles. The lowest BCUT2D eigenvalue weighted by Crippen LogP contribution is -2.16. The quantitative estimate of drug-likeness (QED) is 0.549. The molecule has 0 fully saturated rings. The Morgan fingerprint density at radius 3 is 2.34 bits per heavy atom. The molecule has 3 aromatic rings. The number of benzene rings is 3. The fraction of sp³-hybridized carbons (Fsp3) is 0.0500. The molecule has 0 aliphatic rings. The van der Waals surface area contributed by atoms with Gasteiger partial charge in [-0.15, -0.1) is 0 Å². The molecule has 0 radical (unpaired) electrons. The molecule has 0 bridgehead atoms. The topological polar surface area (TPSA) is 84.5 Å². The van der Waals surface area contributed by atoms with Crippen LogP contribution in [-0.4, -0.2) is 21.4 Å². The van der Waals surface area contributed by atoms with Crippen LogP contribution < -0.4 is 14.8 Å². The summed E-state index contributed by atoms with van der Waals surface area (Å²) in [4.78, 5) is 12.4. The second kappa shape index (κ2) is 8.73. The molecule has 2 N–H and O–H groups in total. The molecule has 0 atom stereocenters. The van der Waals surface area contributed by atoms with Crippen LogP contribution >= 0.6 is 23.2 Å². The van der Waals surface area contributed by atoms with E-state index in [1.165, 1.54) is 37.4 Å². The summed E-state index contributed by atoms with van der Waals surface area (Å²) in [6.45, 7) is 0. The number of nitrogens with one attached hydrogen (secondary N) is 2. The average molecular weight is 451 g/mol. The van der Waals surface area contributed by atoms with Gasteiger partial charge in [0.05, 0.1) is 12.1 Å². The fourth-order valence-electron chi connectivity index (χ4n) is 2.48. The first kappa shape index (κ1) is 21.0. The van der Waals surface area contributed by atoms with Gasteiger partial charge in [0, 0.05) is 28.0 Å². The zero-order valence-corrected chi connectivity index (χ0v) is 17.5. The van der Waals surface area contributed by atoms with Crippen LogP contribution in [0.3, 0.4) is 0 Å². The Hall–Kier alpha value is -2.74. The molecule has 0 saturated heterocycles. The average Bonchev–Trinajstić information content (AvgIpc) is 2.70. The van der Waals surface area contributed by atoms with Gasteiger partial charge >= 0.3 is 0 Å². The predicted octanol–water partition coefficient (Wildman–Crippen LogP) is 5.06. The first-order chi connectivity index (χ1) is 13.8. The lowest BCUT2D eigenvalue weighted by molar-refractivity contribution is 0.102. The molecule has 0 aromatic heterocycles. The van der Waals surface area contributed by atoms with E-state index in [1.54, 1.807) is 36.4 Å². The van der Waals surface area contributed by atoms with Crippen LogP contribution in [0.4, 0.5) is 11.4 Å². The van der Waals surface area contributed by atoms with E-state index < -0.39 is 15.9 Å². The first-order valence-corrected chi connectivity index (χ1v) is 10.6. The Balaban J connectivity index is 1.86. The van der Waals surface area contributed by atoms with Crippen molar-refractivity contribution < 1.29 is 17.9 Å². The number of rotatable bonds is 6. The molecule has 3 rings (SSSR count). The van der Waals surface area contributed by atoms with E-state index >= 15 is 0 Å². The number of hydrogen-bond donors (Lipinski definition) is 2. The highest BCUT2D eigenvalue weighted by Gasteiger charge is 2.20. The Bertz CT molecular complexity index is 1150. The monoisotopic (exact) mass is 450 g/mol. The lowest BCUT2D eigenvalue weighted by Gasteiger charge is -2.12. The minimum Gasteiger partial charge on any atom is -0.497 e. The minimum absolute atomic E-state index is 0.00982. The summed E-state index contributed by atoms with van der Waals surface area (Å²) in [5, 5.41) is 3.16. The maximum atomic E-state index is 12.7. The van der Waals surface area contributed by atoms with Crippen molar-refractivity contribution in [2.24, 2.45) is 0 Å². The fourth-order valence-corrected chi connectivity index (χ4v) is 4.19. The van der Waals surface area contributed by atoms with E-state index in [2.05, 4.69) is 10.0 Å². The maximum absolute atomic E-state index is 12.7. The number of methoxy groups -OCH3 is 1. The van der Waals surface area contributed by atoms with Crippen LogP contribution in [0.1, 0.15) is 10.4 Å². The van der Waals surface area contributed by atoms with Crippen molar-refractivity contribution in [3.05, 3.63) is 82.3 Å². The molecule has 1 amide bonds. The molecule has 6 nitrogen and oxygen atoms in total. The highest BCUT2D eigenvalue weighted by atomic mass is 35.5. The van der Waals surface area contributed by atoms with Crippen molar-refractivity contribution >= 4 is 50.5 Å². The van der Waals surface area contributed by atoms with E-state index in [0.717, 1.165) is 0 Å². The number of amides is 1. The smallest absolute Gasteiger partial charge is 0.263 e. The third kappa shape index (κ3) is 5.20. The largest absolute Gasteiger partial charge is 0.497 e. The van der Waals surface area contributed by atoms with Gasteiger partial charge in [-0.25, -0.2) is 8.42 Å². The van der Waals surface area contributed by atoms with Gasteiger partial charge in [0.15, 0.2) is 0 Å². The molecule has 0 aliphatic carbocycles. The van der Waals surface area contributed by atoms with Crippen LogP contribution in [0.5, 0.6) is 5.75 Å². The number of hydrogen-bond acceptors (Lipinski definition) is 4. The molecular weight excluding hydrogens is 435 g/mol. The number of carbonyl (C=O) groups excluding carboxylic acids is 1. The van der Waals surface area contributed by atoms with Gasteiger partial charge in [-0.05, 0) is 54.6 Å². The zero-order chi connectivity index (χ0) is 21.0. The number of halogens is 2. The summed E-state index contributed by atoms with van der Waals surface area (Å²) < 4.78 is 33.0. The third-order valence-corrected chi connectivity index (χ3v) is 6.02. The molecule has 0 aliphatic heterocycles. The van der Waals surface area contributed by atoms with Crippen molar-refractivity contribution in [3.8, 4) is 5.75 Å². The Labute approximate surface area is 178 Å². The molecular formula is C20H16Cl2N2O4S. The zero-order valence-electron chi connectivity index (χ0n) is 15.1. The molecule has 3 aromatic carbocycles. The lowest BCUT2D eigenvalue weighted by atomic mass is 10.2. The number of anilines is 2. The van der Waals surface area contributed by atoms with E-state index in [0.29, 0.717) is 22.1 Å². The molecule has 0 spiro atoms. The van der Waals surface area contributed by atoms with E-state index in [-0.39, 0.29) is 15.5 Å². The molecule has 29 heavy (non-hydrogen) atoms. The Morgan fingerprint density at radius 2 is 1.66 bits per heavy atom. The van der Waals surface area contributed by atoms with Gasteiger partial charge in [0.2, 0.25) is 0 Å². The number of ether oxygens (including phenoxy) is 1. The number of sulfonamides is 1. The normalized spacial score (nSPS) is 11.0. The van der Waals surface area contributed by atoms with Crippen LogP contribution in [0.25, 0.3) is 0 Å². The van der Waals surface area contributed by atoms with Gasteiger partial charge in [-0.1, -0.05) is 29.3 Å². The molecule has 9 heteroatoms. The predicted molar refractivity (Wildman–Crippen MR) is 115 cm³/mol. The SMILES string of the molecule is COc1cccc(NC(=O)c2ccc(Cl)c(S(=O)(=O)Nc3ccc(Cl)cc3)c2)c1. The second-order valence-electron chi connectivity index (χ2n) is 5.94.